The molecule has 0 aromatic heterocycles. The van der Waals surface area contributed by atoms with Gasteiger partial charge in [-0.1, -0.05) is 103 Å². The van der Waals surface area contributed by atoms with Gasteiger partial charge in [-0.3, -0.25) is 4.79 Å². The maximum atomic E-state index is 13.5. The molecule has 4 heteroatoms. The molecular formula is C33H31ClN2O. The van der Waals surface area contributed by atoms with Gasteiger partial charge in [0.25, 0.3) is 0 Å². The molecule has 0 saturated carbocycles. The summed E-state index contributed by atoms with van der Waals surface area (Å²) in [6, 6.07) is 37.4. The number of hydrogen-bond donors (Lipinski definition) is 1. The van der Waals surface area contributed by atoms with E-state index in [0.717, 1.165) is 11.1 Å². The second-order valence-corrected chi connectivity index (χ2v) is 9.99. The fourth-order valence-electron chi connectivity index (χ4n) is 4.89. The van der Waals surface area contributed by atoms with Gasteiger partial charge < -0.3 is 10.2 Å². The SMILES string of the molecule is C[C@@H](NCCC(=O)N(Cc1ccc(Cl)cc1)Cc1ccc2ccccc2c1)c1cccc2ccccc12. The number of carbonyl (C=O) groups is 1. The van der Waals surface area contributed by atoms with Crippen molar-refractivity contribution in [1.29, 1.82) is 0 Å². The first-order chi connectivity index (χ1) is 18.1. The van der Waals surface area contributed by atoms with Gasteiger partial charge >= 0.3 is 0 Å². The highest BCUT2D eigenvalue weighted by molar-refractivity contribution is 6.30. The highest BCUT2D eigenvalue weighted by atomic mass is 35.5. The average molecular weight is 507 g/mol. The Hall–Kier alpha value is -3.66. The first kappa shape index (κ1) is 25.0. The Balaban J connectivity index is 1.28. The molecule has 186 valence electrons. The van der Waals surface area contributed by atoms with Gasteiger partial charge in [-0.15, -0.1) is 0 Å². The lowest BCUT2D eigenvalue weighted by atomic mass is 9.99. The van der Waals surface area contributed by atoms with E-state index in [-0.39, 0.29) is 11.9 Å². The standard InChI is InChI=1S/C33H31ClN2O/c1-24(31-12-6-10-28-8-4-5-11-32(28)31)35-20-19-33(37)36(22-25-14-17-30(34)18-15-25)23-26-13-16-27-7-2-3-9-29(27)21-26/h2-18,21,24,35H,19-20,22-23H2,1H3/t24-/m1/s1. The van der Waals surface area contributed by atoms with Crippen LogP contribution < -0.4 is 5.32 Å². The number of rotatable bonds is 9. The van der Waals surface area contributed by atoms with E-state index in [1.165, 1.54) is 27.1 Å². The number of hydrogen-bond acceptors (Lipinski definition) is 2. The molecule has 0 saturated heterocycles. The summed E-state index contributed by atoms with van der Waals surface area (Å²) < 4.78 is 0. The second-order valence-electron chi connectivity index (χ2n) is 9.55. The van der Waals surface area contributed by atoms with Crippen molar-refractivity contribution in [2.45, 2.75) is 32.5 Å². The van der Waals surface area contributed by atoms with Crippen LogP contribution in [0.3, 0.4) is 0 Å². The largest absolute Gasteiger partial charge is 0.334 e. The highest BCUT2D eigenvalue weighted by Gasteiger charge is 2.16. The van der Waals surface area contributed by atoms with Crippen LogP contribution in [0.25, 0.3) is 21.5 Å². The lowest BCUT2D eigenvalue weighted by molar-refractivity contribution is -0.132. The zero-order valence-corrected chi connectivity index (χ0v) is 21.8. The zero-order valence-electron chi connectivity index (χ0n) is 21.0. The molecule has 0 bridgehead atoms. The van der Waals surface area contributed by atoms with Crippen molar-refractivity contribution in [2.75, 3.05) is 6.54 Å². The van der Waals surface area contributed by atoms with Crippen LogP contribution in [0, 0.1) is 0 Å². The minimum atomic E-state index is 0.126. The van der Waals surface area contributed by atoms with Gasteiger partial charge in [-0.2, -0.15) is 0 Å². The van der Waals surface area contributed by atoms with E-state index in [1.807, 2.05) is 41.3 Å². The molecule has 5 aromatic rings. The molecular weight excluding hydrogens is 476 g/mol. The van der Waals surface area contributed by atoms with E-state index in [4.69, 9.17) is 11.6 Å². The molecule has 0 radical (unpaired) electrons. The zero-order chi connectivity index (χ0) is 25.6. The Labute approximate surface area is 223 Å². The molecule has 1 atom stereocenters. The summed E-state index contributed by atoms with van der Waals surface area (Å²) in [5.74, 6) is 0.126. The molecule has 37 heavy (non-hydrogen) atoms. The van der Waals surface area contributed by atoms with Crippen LogP contribution >= 0.6 is 11.6 Å². The predicted octanol–water partition coefficient (Wildman–Crippen LogP) is 7.92. The monoisotopic (exact) mass is 506 g/mol. The number of fused-ring (bicyclic) bond motifs is 2. The average Bonchev–Trinajstić information content (AvgIpc) is 2.93. The van der Waals surface area contributed by atoms with Crippen molar-refractivity contribution >= 4 is 39.1 Å². The topological polar surface area (TPSA) is 32.3 Å². The van der Waals surface area contributed by atoms with Crippen LogP contribution in [0.2, 0.25) is 5.02 Å². The summed E-state index contributed by atoms with van der Waals surface area (Å²) in [7, 11) is 0. The summed E-state index contributed by atoms with van der Waals surface area (Å²) >= 11 is 6.09. The van der Waals surface area contributed by atoms with E-state index in [2.05, 4.69) is 85.0 Å². The molecule has 0 unspecified atom stereocenters. The minimum absolute atomic E-state index is 0.126. The third kappa shape index (κ3) is 6.19. The summed E-state index contributed by atoms with van der Waals surface area (Å²) in [5, 5.41) is 9.13. The van der Waals surface area contributed by atoms with Crippen molar-refractivity contribution in [3.63, 3.8) is 0 Å². The van der Waals surface area contributed by atoms with Crippen LogP contribution in [0.5, 0.6) is 0 Å². The number of amides is 1. The molecule has 1 N–H and O–H groups in total. The molecule has 0 aliphatic carbocycles. The second kappa shape index (κ2) is 11.6. The predicted molar refractivity (Wildman–Crippen MR) is 155 cm³/mol. The molecule has 0 aliphatic heterocycles. The van der Waals surface area contributed by atoms with E-state index >= 15 is 0 Å². The van der Waals surface area contributed by atoms with E-state index in [0.29, 0.717) is 31.1 Å². The molecule has 0 heterocycles. The molecule has 5 rings (SSSR count). The third-order valence-corrected chi connectivity index (χ3v) is 7.16. The summed E-state index contributed by atoms with van der Waals surface area (Å²) in [6.07, 6.45) is 0.427. The van der Waals surface area contributed by atoms with Crippen molar-refractivity contribution in [1.82, 2.24) is 10.2 Å². The lowest BCUT2D eigenvalue weighted by Crippen LogP contribution is -2.33. The van der Waals surface area contributed by atoms with Gasteiger partial charge in [-0.05, 0) is 63.4 Å². The molecule has 0 aliphatic rings. The molecule has 0 spiro atoms. The van der Waals surface area contributed by atoms with Gasteiger partial charge in [0.1, 0.15) is 0 Å². The first-order valence-electron chi connectivity index (χ1n) is 12.8. The molecule has 0 fully saturated rings. The number of carbonyl (C=O) groups excluding carboxylic acids is 1. The number of nitrogens with one attached hydrogen (secondary N) is 1. The van der Waals surface area contributed by atoms with Crippen molar-refractivity contribution < 1.29 is 4.79 Å². The Morgan fingerprint density at radius 2 is 1.41 bits per heavy atom. The summed E-state index contributed by atoms with van der Waals surface area (Å²) in [5.41, 5.74) is 3.44. The smallest absolute Gasteiger partial charge is 0.224 e. The van der Waals surface area contributed by atoms with Gasteiger partial charge in [-0.25, -0.2) is 0 Å². The maximum absolute atomic E-state index is 13.5. The van der Waals surface area contributed by atoms with Crippen LogP contribution in [0.4, 0.5) is 0 Å². The van der Waals surface area contributed by atoms with Crippen LogP contribution in [0.15, 0.2) is 109 Å². The summed E-state index contributed by atoms with van der Waals surface area (Å²) in [4.78, 5) is 15.4. The number of benzene rings is 5. The van der Waals surface area contributed by atoms with Crippen molar-refractivity contribution in [2.24, 2.45) is 0 Å². The number of nitrogens with zero attached hydrogens (tertiary/aromatic N) is 1. The Morgan fingerprint density at radius 1 is 0.757 bits per heavy atom. The van der Waals surface area contributed by atoms with E-state index in [9.17, 15) is 4.79 Å². The Morgan fingerprint density at radius 3 is 2.22 bits per heavy atom. The molecule has 1 amide bonds. The lowest BCUT2D eigenvalue weighted by Gasteiger charge is -2.24. The normalized spacial score (nSPS) is 12.1. The maximum Gasteiger partial charge on any atom is 0.224 e. The van der Waals surface area contributed by atoms with Gasteiger partial charge in [0.05, 0.1) is 0 Å². The fourth-order valence-corrected chi connectivity index (χ4v) is 5.02. The minimum Gasteiger partial charge on any atom is -0.334 e. The van der Waals surface area contributed by atoms with Gasteiger partial charge in [0.15, 0.2) is 0 Å². The van der Waals surface area contributed by atoms with E-state index in [1.54, 1.807) is 0 Å². The quantitative estimate of drug-likeness (QED) is 0.220. The Bertz CT molecular complexity index is 1510. The highest BCUT2D eigenvalue weighted by Crippen LogP contribution is 2.24. The number of halogens is 1. The molecule has 3 nitrogen and oxygen atoms in total. The summed E-state index contributed by atoms with van der Waals surface area (Å²) in [6.45, 7) is 3.87. The van der Waals surface area contributed by atoms with E-state index < -0.39 is 0 Å². The first-order valence-corrected chi connectivity index (χ1v) is 13.2. The third-order valence-electron chi connectivity index (χ3n) is 6.91. The van der Waals surface area contributed by atoms with Gasteiger partial charge in [0.2, 0.25) is 5.91 Å². The fraction of sp³-hybridized carbons (Fsp3) is 0.182. The van der Waals surface area contributed by atoms with Gasteiger partial charge in [0, 0.05) is 37.1 Å². The van der Waals surface area contributed by atoms with Crippen molar-refractivity contribution in [3.8, 4) is 0 Å². The Kier molecular flexibility index (Phi) is 7.84. The molecule has 5 aromatic carbocycles. The van der Waals surface area contributed by atoms with Crippen LogP contribution in [0.1, 0.15) is 36.1 Å². The van der Waals surface area contributed by atoms with Crippen LogP contribution in [-0.2, 0) is 17.9 Å². The van der Waals surface area contributed by atoms with Crippen molar-refractivity contribution in [3.05, 3.63) is 131 Å². The van der Waals surface area contributed by atoms with Crippen LogP contribution in [-0.4, -0.2) is 17.4 Å².